The maximum Gasteiger partial charge on any atom is 0.227 e. The number of primary amides is 1. The Kier molecular flexibility index (Phi) is 7.40. The number of hydrogen-bond donors (Lipinski definition) is 1. The van der Waals surface area contributed by atoms with Crippen molar-refractivity contribution >= 4 is 40.3 Å². The second kappa shape index (κ2) is 11.1. The number of amides is 3. The smallest absolute Gasteiger partial charge is 0.227 e. The van der Waals surface area contributed by atoms with E-state index in [0.29, 0.717) is 67.4 Å². The predicted molar refractivity (Wildman–Crippen MR) is 148 cm³/mol. The van der Waals surface area contributed by atoms with Gasteiger partial charge in [-0.25, -0.2) is 0 Å². The van der Waals surface area contributed by atoms with Gasteiger partial charge in [-0.05, 0) is 55.5 Å². The molecular formula is C30H33ClN4O5. The Labute approximate surface area is 237 Å². The minimum absolute atomic E-state index is 0.0748. The van der Waals surface area contributed by atoms with Crippen LogP contribution in [-0.2, 0) is 27.4 Å². The number of aromatic nitrogens is 1. The number of hydrogen-bond acceptors (Lipinski definition) is 6. The molecule has 0 spiro atoms. The van der Waals surface area contributed by atoms with Gasteiger partial charge in [0.25, 0.3) is 0 Å². The van der Waals surface area contributed by atoms with Crippen LogP contribution in [0.2, 0.25) is 5.02 Å². The van der Waals surface area contributed by atoms with Crippen molar-refractivity contribution in [2.75, 3.05) is 19.6 Å². The summed E-state index contributed by atoms with van der Waals surface area (Å²) in [4.78, 5) is 42.8. The average molecular weight is 565 g/mol. The summed E-state index contributed by atoms with van der Waals surface area (Å²) in [5.41, 5.74) is 8.82. The van der Waals surface area contributed by atoms with Crippen molar-refractivity contribution < 1.29 is 23.6 Å². The summed E-state index contributed by atoms with van der Waals surface area (Å²) in [6.07, 6.45) is 4.85. The molecule has 3 atom stereocenters. The van der Waals surface area contributed by atoms with Crippen LogP contribution in [0.3, 0.4) is 0 Å². The molecule has 0 unspecified atom stereocenters. The molecule has 0 bridgehead atoms. The van der Waals surface area contributed by atoms with Gasteiger partial charge < -0.3 is 24.8 Å². The van der Waals surface area contributed by atoms with Crippen LogP contribution in [0.15, 0.2) is 40.9 Å². The van der Waals surface area contributed by atoms with Crippen LogP contribution in [0.25, 0.3) is 11.0 Å². The number of benzene rings is 2. The number of nitrogens with two attached hydrogens (primary N) is 1. The summed E-state index contributed by atoms with van der Waals surface area (Å²) in [5, 5.41) is 5.67. The number of carbonyl (C=O) groups excluding carboxylic acids is 3. The molecular weight excluding hydrogens is 532 g/mol. The van der Waals surface area contributed by atoms with Gasteiger partial charge in [0.1, 0.15) is 18.1 Å². The topological polar surface area (TPSA) is 119 Å². The van der Waals surface area contributed by atoms with E-state index in [1.54, 1.807) is 0 Å². The normalized spacial score (nSPS) is 22.9. The molecule has 1 saturated carbocycles. The summed E-state index contributed by atoms with van der Waals surface area (Å²) in [6, 6.07) is 10.8. The van der Waals surface area contributed by atoms with Crippen LogP contribution in [0.5, 0.6) is 5.75 Å². The molecule has 2 N–H and O–H groups in total. The van der Waals surface area contributed by atoms with Gasteiger partial charge in [-0.15, -0.1) is 0 Å². The number of ether oxygens (including phenoxy) is 1. The third kappa shape index (κ3) is 4.91. The average Bonchev–Trinajstić information content (AvgIpc) is 3.58. The Hall–Kier alpha value is -3.59. The van der Waals surface area contributed by atoms with Crippen molar-refractivity contribution in [3.05, 3.63) is 58.2 Å². The highest BCUT2D eigenvalue weighted by molar-refractivity contribution is 6.31. The van der Waals surface area contributed by atoms with Crippen LogP contribution in [0, 0.1) is 11.8 Å². The van der Waals surface area contributed by atoms with Gasteiger partial charge in [-0.3, -0.25) is 14.4 Å². The largest absolute Gasteiger partial charge is 0.487 e. The van der Waals surface area contributed by atoms with Gasteiger partial charge in [0.05, 0.1) is 6.04 Å². The second-order valence-corrected chi connectivity index (χ2v) is 11.4. The minimum atomic E-state index is -0.479. The number of carbonyl (C=O) groups is 3. The molecule has 3 aromatic rings. The fourth-order valence-electron chi connectivity index (χ4n) is 6.63. The van der Waals surface area contributed by atoms with Gasteiger partial charge >= 0.3 is 0 Å². The number of para-hydroxylation sites is 1. The van der Waals surface area contributed by atoms with Crippen LogP contribution in [0.1, 0.15) is 61.4 Å². The summed E-state index contributed by atoms with van der Waals surface area (Å²) in [6.45, 7) is 1.59. The third-order valence-electron chi connectivity index (χ3n) is 8.68. The number of rotatable bonds is 7. The molecule has 3 heterocycles. The third-order valence-corrected chi connectivity index (χ3v) is 9.04. The summed E-state index contributed by atoms with van der Waals surface area (Å²) < 4.78 is 11.8. The lowest BCUT2D eigenvalue weighted by Crippen LogP contribution is -2.50. The highest BCUT2D eigenvalue weighted by Gasteiger charge is 2.43. The maximum absolute atomic E-state index is 14.1. The van der Waals surface area contributed by atoms with E-state index < -0.39 is 23.8 Å². The van der Waals surface area contributed by atoms with Crippen LogP contribution in [-0.4, -0.2) is 52.3 Å². The molecule has 40 heavy (non-hydrogen) atoms. The van der Waals surface area contributed by atoms with Crippen molar-refractivity contribution in [1.82, 2.24) is 15.0 Å². The fourth-order valence-corrected chi connectivity index (χ4v) is 6.89. The molecule has 3 aliphatic rings. The van der Waals surface area contributed by atoms with E-state index in [1.165, 1.54) is 0 Å². The first kappa shape index (κ1) is 26.6. The maximum atomic E-state index is 14.1. The number of fused-ring (bicyclic) bond motifs is 2. The Morgan fingerprint density at radius 1 is 1.05 bits per heavy atom. The molecule has 210 valence electrons. The number of likely N-dealkylation sites (tertiary alicyclic amines) is 1. The van der Waals surface area contributed by atoms with E-state index in [2.05, 4.69) is 5.16 Å². The van der Waals surface area contributed by atoms with Crippen LogP contribution in [0.4, 0.5) is 0 Å². The van der Waals surface area contributed by atoms with Crippen molar-refractivity contribution in [3.63, 3.8) is 0 Å². The van der Waals surface area contributed by atoms with Gasteiger partial charge in [0.15, 0.2) is 5.58 Å². The minimum Gasteiger partial charge on any atom is -0.487 e. The van der Waals surface area contributed by atoms with Crippen molar-refractivity contribution in [1.29, 1.82) is 0 Å². The molecule has 3 amide bonds. The fraction of sp³-hybridized carbons (Fsp3) is 0.467. The zero-order valence-electron chi connectivity index (χ0n) is 22.3. The monoisotopic (exact) mass is 564 g/mol. The quantitative estimate of drug-likeness (QED) is 0.454. The molecule has 2 aliphatic heterocycles. The zero-order chi connectivity index (χ0) is 27.8. The van der Waals surface area contributed by atoms with E-state index >= 15 is 0 Å². The summed E-state index contributed by atoms with van der Waals surface area (Å²) in [5.74, 6) is -0.781. The van der Waals surface area contributed by atoms with E-state index in [9.17, 15) is 14.4 Å². The van der Waals surface area contributed by atoms with Crippen molar-refractivity contribution in [2.24, 2.45) is 17.6 Å². The number of halogens is 1. The molecule has 0 radical (unpaired) electrons. The Morgan fingerprint density at radius 2 is 1.85 bits per heavy atom. The van der Waals surface area contributed by atoms with Crippen molar-refractivity contribution in [2.45, 2.75) is 57.6 Å². The standard InChI is InChI=1S/C30H33ClN4O5/c31-22-11-12-26(39-17-23-21-8-3-4-9-25(21)40-33-23)28-20(22)13-15-35(24(28)16-34-14-5-10-27(34)36)30(38)19-7-2-1-6-18(19)29(32)37/h3-4,8-9,11-12,18-19,24H,1-2,5-7,10,13-17H2,(H2,32,37)/t18-,19+,24+/m0/s1. The molecule has 6 rings (SSSR count). The van der Waals surface area contributed by atoms with Crippen molar-refractivity contribution in [3.8, 4) is 5.75 Å². The lowest BCUT2D eigenvalue weighted by Gasteiger charge is -2.43. The van der Waals surface area contributed by atoms with Crippen LogP contribution >= 0.6 is 11.6 Å². The highest BCUT2D eigenvalue weighted by atomic mass is 35.5. The van der Waals surface area contributed by atoms with Gasteiger partial charge in [0.2, 0.25) is 17.7 Å². The Balaban J connectivity index is 1.36. The Bertz CT molecular complexity index is 1460. The second-order valence-electron chi connectivity index (χ2n) is 11.0. The lowest BCUT2D eigenvalue weighted by atomic mass is 9.77. The first-order valence-electron chi connectivity index (χ1n) is 14.1. The van der Waals surface area contributed by atoms with E-state index in [1.807, 2.05) is 46.2 Å². The Morgan fingerprint density at radius 3 is 2.62 bits per heavy atom. The number of nitrogens with zero attached hydrogens (tertiary/aromatic N) is 3. The zero-order valence-corrected chi connectivity index (χ0v) is 23.1. The lowest BCUT2D eigenvalue weighted by molar-refractivity contribution is -0.146. The molecule has 10 heteroatoms. The SMILES string of the molecule is NC(=O)[C@H]1CCCC[C@H]1C(=O)N1CCc2c(Cl)ccc(OCc3noc4ccccc34)c2[C@H]1CN1CCCC1=O. The molecule has 2 fully saturated rings. The van der Waals surface area contributed by atoms with E-state index in [0.717, 1.165) is 35.8 Å². The molecule has 1 aliphatic carbocycles. The van der Waals surface area contributed by atoms with E-state index in [4.69, 9.17) is 26.6 Å². The first-order chi connectivity index (χ1) is 19.4. The van der Waals surface area contributed by atoms with Gasteiger partial charge in [-0.1, -0.05) is 41.7 Å². The molecule has 1 saturated heterocycles. The summed E-state index contributed by atoms with van der Waals surface area (Å²) >= 11 is 6.72. The summed E-state index contributed by atoms with van der Waals surface area (Å²) in [7, 11) is 0. The molecule has 1 aromatic heterocycles. The van der Waals surface area contributed by atoms with Crippen LogP contribution < -0.4 is 10.5 Å². The van der Waals surface area contributed by atoms with Gasteiger partial charge in [0, 0.05) is 53.9 Å². The van der Waals surface area contributed by atoms with Gasteiger partial charge in [-0.2, -0.15) is 0 Å². The first-order valence-corrected chi connectivity index (χ1v) is 14.4. The highest BCUT2D eigenvalue weighted by Crippen LogP contribution is 2.43. The molecule has 9 nitrogen and oxygen atoms in total. The molecule has 2 aromatic carbocycles. The predicted octanol–water partition coefficient (Wildman–Crippen LogP) is 4.40. The van der Waals surface area contributed by atoms with E-state index in [-0.39, 0.29) is 18.4 Å².